The third-order valence-corrected chi connectivity index (χ3v) is 4.87. The molecule has 3 rings (SSSR count). The van der Waals surface area contributed by atoms with Gasteiger partial charge in [0, 0.05) is 30.4 Å². The Bertz CT molecular complexity index is 567. The Hall–Kier alpha value is -1.65. The summed E-state index contributed by atoms with van der Waals surface area (Å²) < 4.78 is 0. The predicted octanol–water partition coefficient (Wildman–Crippen LogP) is 3.05. The molecule has 1 fully saturated rings. The third kappa shape index (κ3) is 2.76. The largest absolute Gasteiger partial charge is 0.481 e. The number of thiophene rings is 1. The minimum absolute atomic E-state index is 0.121. The molecule has 1 saturated heterocycles. The molecule has 2 heterocycles. The van der Waals surface area contributed by atoms with E-state index in [1.165, 1.54) is 10.4 Å². The van der Waals surface area contributed by atoms with E-state index in [-0.39, 0.29) is 11.8 Å². The van der Waals surface area contributed by atoms with Crippen molar-refractivity contribution in [1.82, 2.24) is 4.90 Å². The molecule has 104 valence electrons. The Balaban J connectivity index is 1.75. The van der Waals surface area contributed by atoms with Gasteiger partial charge >= 0.3 is 5.97 Å². The number of carboxylic acids is 1. The normalized spacial score (nSPS) is 23.0. The molecule has 1 aromatic carbocycles. The number of hydrogen-bond donors (Lipinski definition) is 1. The van der Waals surface area contributed by atoms with Crippen LogP contribution in [0.4, 0.5) is 0 Å². The zero-order valence-corrected chi connectivity index (χ0v) is 11.9. The van der Waals surface area contributed by atoms with Crippen LogP contribution in [0.3, 0.4) is 0 Å². The molecule has 0 radical (unpaired) electrons. The monoisotopic (exact) mass is 287 g/mol. The van der Waals surface area contributed by atoms with Crippen LogP contribution in [-0.2, 0) is 11.3 Å². The van der Waals surface area contributed by atoms with E-state index in [2.05, 4.69) is 23.1 Å². The van der Waals surface area contributed by atoms with Gasteiger partial charge in [-0.25, -0.2) is 0 Å². The lowest BCUT2D eigenvalue weighted by Gasteiger charge is -2.15. The van der Waals surface area contributed by atoms with Crippen molar-refractivity contribution in [2.24, 2.45) is 5.92 Å². The van der Waals surface area contributed by atoms with Crippen molar-refractivity contribution >= 4 is 17.3 Å². The van der Waals surface area contributed by atoms with Crippen molar-refractivity contribution < 1.29 is 9.90 Å². The van der Waals surface area contributed by atoms with Crippen LogP contribution in [0.5, 0.6) is 0 Å². The van der Waals surface area contributed by atoms with Gasteiger partial charge in [0.05, 0.1) is 5.92 Å². The lowest BCUT2D eigenvalue weighted by Crippen LogP contribution is -2.23. The summed E-state index contributed by atoms with van der Waals surface area (Å²) in [6.45, 7) is 2.28. The molecule has 4 heteroatoms. The highest BCUT2D eigenvalue weighted by Gasteiger charge is 2.38. The van der Waals surface area contributed by atoms with Gasteiger partial charge in [-0.05, 0) is 17.0 Å². The van der Waals surface area contributed by atoms with Crippen molar-refractivity contribution in [2.45, 2.75) is 12.5 Å². The topological polar surface area (TPSA) is 40.5 Å². The molecule has 1 aliphatic heterocycles. The van der Waals surface area contributed by atoms with Gasteiger partial charge in [-0.3, -0.25) is 9.69 Å². The van der Waals surface area contributed by atoms with Gasteiger partial charge in [0.1, 0.15) is 0 Å². The maximum absolute atomic E-state index is 11.5. The fraction of sp³-hybridized carbons (Fsp3) is 0.312. The van der Waals surface area contributed by atoms with Gasteiger partial charge < -0.3 is 5.11 Å². The smallest absolute Gasteiger partial charge is 0.308 e. The van der Waals surface area contributed by atoms with Crippen LogP contribution in [0.1, 0.15) is 16.4 Å². The molecule has 2 atom stereocenters. The van der Waals surface area contributed by atoms with Crippen LogP contribution in [0.25, 0.3) is 0 Å². The van der Waals surface area contributed by atoms with Crippen molar-refractivity contribution in [2.75, 3.05) is 13.1 Å². The zero-order chi connectivity index (χ0) is 13.9. The van der Waals surface area contributed by atoms with E-state index in [4.69, 9.17) is 0 Å². The Kier molecular flexibility index (Phi) is 3.85. The Labute approximate surface area is 122 Å². The lowest BCUT2D eigenvalue weighted by atomic mass is 9.95. The molecule has 20 heavy (non-hydrogen) atoms. The molecule has 0 saturated carbocycles. The first-order chi connectivity index (χ1) is 9.74. The van der Waals surface area contributed by atoms with Crippen molar-refractivity contribution in [1.29, 1.82) is 0 Å². The van der Waals surface area contributed by atoms with Gasteiger partial charge in [0.2, 0.25) is 0 Å². The van der Waals surface area contributed by atoms with Crippen LogP contribution in [0, 0.1) is 5.92 Å². The van der Waals surface area contributed by atoms with E-state index in [0.717, 1.165) is 13.1 Å². The van der Waals surface area contributed by atoms with Crippen LogP contribution in [0.15, 0.2) is 47.8 Å². The molecule has 1 aromatic heterocycles. The molecule has 3 nitrogen and oxygen atoms in total. The number of carboxylic acid groups (broad SMARTS) is 1. The summed E-state index contributed by atoms with van der Waals surface area (Å²) in [5, 5.41) is 11.5. The molecule has 1 aliphatic rings. The second kappa shape index (κ2) is 5.77. The number of rotatable bonds is 4. The van der Waals surface area contributed by atoms with Gasteiger partial charge in [0.25, 0.3) is 0 Å². The maximum Gasteiger partial charge on any atom is 0.308 e. The SMILES string of the molecule is O=C(O)C1CN(Cc2ccccc2)CC1c1cccs1. The van der Waals surface area contributed by atoms with Crippen molar-refractivity contribution in [3.05, 3.63) is 58.3 Å². The first kappa shape index (κ1) is 13.3. The third-order valence-electron chi connectivity index (χ3n) is 3.87. The van der Waals surface area contributed by atoms with E-state index in [0.29, 0.717) is 6.54 Å². The number of benzene rings is 1. The van der Waals surface area contributed by atoms with E-state index in [1.54, 1.807) is 11.3 Å². The van der Waals surface area contributed by atoms with Crippen molar-refractivity contribution in [3.63, 3.8) is 0 Å². The minimum Gasteiger partial charge on any atom is -0.481 e. The maximum atomic E-state index is 11.5. The molecular formula is C16H17NO2S. The summed E-state index contributed by atoms with van der Waals surface area (Å²) in [6, 6.07) is 14.3. The average molecular weight is 287 g/mol. The number of nitrogens with zero attached hydrogens (tertiary/aromatic N) is 1. The van der Waals surface area contributed by atoms with Crippen molar-refractivity contribution in [3.8, 4) is 0 Å². The first-order valence-corrected chi connectivity index (χ1v) is 7.64. The quantitative estimate of drug-likeness (QED) is 0.939. The summed E-state index contributed by atoms with van der Waals surface area (Å²) in [6.07, 6.45) is 0. The number of likely N-dealkylation sites (tertiary alicyclic amines) is 1. The molecule has 0 bridgehead atoms. The predicted molar refractivity (Wildman–Crippen MR) is 79.9 cm³/mol. The number of aliphatic carboxylic acids is 1. The molecule has 0 aliphatic carbocycles. The Morgan fingerprint density at radius 2 is 2.00 bits per heavy atom. The standard InChI is InChI=1S/C16H17NO2S/c18-16(19)14-11-17(9-12-5-2-1-3-6-12)10-13(14)15-7-4-8-20-15/h1-8,13-14H,9-11H2,(H,18,19). The summed E-state index contributed by atoms with van der Waals surface area (Å²) in [4.78, 5) is 14.9. The minimum atomic E-state index is -0.682. The van der Waals surface area contributed by atoms with Crippen LogP contribution >= 0.6 is 11.3 Å². The van der Waals surface area contributed by atoms with Crippen LogP contribution in [0.2, 0.25) is 0 Å². The van der Waals surface area contributed by atoms with Gasteiger partial charge in [-0.15, -0.1) is 11.3 Å². The fourth-order valence-electron chi connectivity index (χ4n) is 2.90. The lowest BCUT2D eigenvalue weighted by molar-refractivity contribution is -0.141. The van der Waals surface area contributed by atoms with Crippen LogP contribution < -0.4 is 0 Å². The van der Waals surface area contributed by atoms with E-state index in [1.807, 2.05) is 29.6 Å². The summed E-state index contributed by atoms with van der Waals surface area (Å²) in [5.74, 6) is -0.854. The molecule has 0 spiro atoms. The van der Waals surface area contributed by atoms with Gasteiger partial charge in [-0.2, -0.15) is 0 Å². The molecule has 2 unspecified atom stereocenters. The highest BCUT2D eigenvalue weighted by molar-refractivity contribution is 7.10. The molecule has 0 amide bonds. The molecule has 1 N–H and O–H groups in total. The highest BCUT2D eigenvalue weighted by atomic mass is 32.1. The number of carbonyl (C=O) groups is 1. The molecular weight excluding hydrogens is 270 g/mol. The Morgan fingerprint density at radius 3 is 2.65 bits per heavy atom. The first-order valence-electron chi connectivity index (χ1n) is 6.76. The number of hydrogen-bond acceptors (Lipinski definition) is 3. The second-order valence-corrected chi connectivity index (χ2v) is 6.23. The second-order valence-electron chi connectivity index (χ2n) is 5.25. The zero-order valence-electron chi connectivity index (χ0n) is 11.1. The van der Waals surface area contributed by atoms with E-state index < -0.39 is 5.97 Å². The summed E-state index contributed by atoms with van der Waals surface area (Å²) in [5.41, 5.74) is 1.24. The van der Waals surface area contributed by atoms with Gasteiger partial charge in [-0.1, -0.05) is 36.4 Å². The van der Waals surface area contributed by atoms with Crippen LogP contribution in [-0.4, -0.2) is 29.1 Å². The molecule has 2 aromatic rings. The Morgan fingerprint density at radius 1 is 1.20 bits per heavy atom. The average Bonchev–Trinajstić information content (AvgIpc) is 3.08. The summed E-state index contributed by atoms with van der Waals surface area (Å²) >= 11 is 1.66. The van der Waals surface area contributed by atoms with E-state index in [9.17, 15) is 9.90 Å². The summed E-state index contributed by atoms with van der Waals surface area (Å²) in [7, 11) is 0. The highest BCUT2D eigenvalue weighted by Crippen LogP contribution is 2.35. The van der Waals surface area contributed by atoms with Gasteiger partial charge in [0.15, 0.2) is 0 Å². The van der Waals surface area contributed by atoms with E-state index >= 15 is 0 Å². The fourth-order valence-corrected chi connectivity index (χ4v) is 3.78.